The van der Waals surface area contributed by atoms with Crippen LogP contribution in [-0.2, 0) is 16.0 Å². The number of carbonyl (C=O) groups is 2. The minimum absolute atomic E-state index is 0.136. The van der Waals surface area contributed by atoms with Crippen LogP contribution < -0.4 is 10.6 Å². The Morgan fingerprint density at radius 1 is 1.33 bits per heavy atom. The number of aryl methyl sites for hydroxylation is 1. The monoisotopic (exact) mass is 284 g/mol. The summed E-state index contributed by atoms with van der Waals surface area (Å²) in [4.78, 5) is 25.9. The lowest BCUT2D eigenvalue weighted by molar-refractivity contribution is -0.124. The SMILES string of the molecule is CCc1cc(C#CCN)ccc1N1C(=O)CC(C)(C)C1=O. The summed E-state index contributed by atoms with van der Waals surface area (Å²) in [7, 11) is 0. The third kappa shape index (κ3) is 2.84. The van der Waals surface area contributed by atoms with Crippen LogP contribution in [0, 0.1) is 17.3 Å². The highest BCUT2D eigenvalue weighted by molar-refractivity contribution is 6.22. The molecule has 0 aliphatic carbocycles. The molecule has 1 aliphatic heterocycles. The molecular formula is C17H20N2O2. The Kier molecular flexibility index (Phi) is 4.15. The molecule has 2 N–H and O–H groups in total. The van der Waals surface area contributed by atoms with Gasteiger partial charge >= 0.3 is 0 Å². The Balaban J connectivity index is 2.45. The first-order valence-corrected chi connectivity index (χ1v) is 7.10. The highest BCUT2D eigenvalue weighted by atomic mass is 16.2. The molecule has 21 heavy (non-hydrogen) atoms. The van der Waals surface area contributed by atoms with Gasteiger partial charge in [0.05, 0.1) is 17.6 Å². The van der Waals surface area contributed by atoms with Gasteiger partial charge in [0.1, 0.15) is 0 Å². The summed E-state index contributed by atoms with van der Waals surface area (Å²) in [5.41, 5.74) is 7.21. The molecule has 1 aromatic rings. The van der Waals surface area contributed by atoms with Crippen molar-refractivity contribution in [3.8, 4) is 11.8 Å². The fourth-order valence-corrected chi connectivity index (χ4v) is 2.51. The van der Waals surface area contributed by atoms with Crippen molar-refractivity contribution in [2.75, 3.05) is 11.4 Å². The molecular weight excluding hydrogens is 264 g/mol. The van der Waals surface area contributed by atoms with Gasteiger partial charge in [-0.15, -0.1) is 0 Å². The quantitative estimate of drug-likeness (QED) is 0.666. The van der Waals surface area contributed by atoms with Crippen LogP contribution in [0.3, 0.4) is 0 Å². The molecule has 0 aromatic heterocycles. The fraction of sp³-hybridized carbons (Fsp3) is 0.412. The van der Waals surface area contributed by atoms with E-state index >= 15 is 0 Å². The van der Waals surface area contributed by atoms with E-state index in [1.165, 1.54) is 4.90 Å². The number of nitrogens with two attached hydrogens (primary N) is 1. The maximum Gasteiger partial charge on any atom is 0.239 e. The number of hydrogen-bond acceptors (Lipinski definition) is 3. The van der Waals surface area contributed by atoms with Crippen molar-refractivity contribution in [2.45, 2.75) is 33.6 Å². The molecule has 0 bridgehead atoms. The topological polar surface area (TPSA) is 63.4 Å². The van der Waals surface area contributed by atoms with E-state index < -0.39 is 5.41 Å². The molecule has 0 atom stereocenters. The van der Waals surface area contributed by atoms with Gasteiger partial charge in [-0.25, -0.2) is 4.90 Å². The van der Waals surface area contributed by atoms with Crippen molar-refractivity contribution < 1.29 is 9.59 Å². The van der Waals surface area contributed by atoms with Crippen LogP contribution in [0.1, 0.15) is 38.3 Å². The molecule has 2 rings (SSSR count). The molecule has 0 radical (unpaired) electrons. The molecule has 0 unspecified atom stereocenters. The number of hydrogen-bond donors (Lipinski definition) is 1. The van der Waals surface area contributed by atoms with Crippen molar-refractivity contribution in [3.63, 3.8) is 0 Å². The molecule has 1 aromatic carbocycles. The van der Waals surface area contributed by atoms with E-state index in [0.717, 1.165) is 17.5 Å². The van der Waals surface area contributed by atoms with Crippen molar-refractivity contribution in [1.82, 2.24) is 0 Å². The van der Waals surface area contributed by atoms with E-state index in [4.69, 9.17) is 5.73 Å². The van der Waals surface area contributed by atoms with Gasteiger partial charge in [0.2, 0.25) is 11.8 Å². The average molecular weight is 284 g/mol. The first-order valence-electron chi connectivity index (χ1n) is 7.10. The summed E-state index contributed by atoms with van der Waals surface area (Å²) in [6.07, 6.45) is 0.981. The summed E-state index contributed by atoms with van der Waals surface area (Å²) >= 11 is 0. The van der Waals surface area contributed by atoms with Crippen LogP contribution in [0.4, 0.5) is 5.69 Å². The Hall–Kier alpha value is -2.12. The molecule has 1 aliphatic rings. The van der Waals surface area contributed by atoms with E-state index in [9.17, 15) is 9.59 Å². The standard InChI is InChI=1S/C17H20N2O2/c1-4-13-10-12(6-5-9-18)7-8-14(13)19-15(20)11-17(2,3)16(19)21/h7-8,10H,4,9,11,18H2,1-3H3. The molecule has 0 saturated carbocycles. The van der Waals surface area contributed by atoms with E-state index in [1.807, 2.05) is 19.1 Å². The summed E-state index contributed by atoms with van der Waals surface area (Å²) in [6.45, 7) is 5.91. The number of nitrogens with zero attached hydrogens (tertiary/aromatic N) is 1. The predicted octanol–water partition coefficient (Wildman–Crippen LogP) is 1.85. The van der Waals surface area contributed by atoms with Gasteiger partial charge in [-0.05, 0) is 30.2 Å². The Bertz CT molecular complexity index is 650. The third-order valence-corrected chi connectivity index (χ3v) is 3.66. The minimum atomic E-state index is -0.625. The number of anilines is 1. The van der Waals surface area contributed by atoms with Crippen molar-refractivity contribution >= 4 is 17.5 Å². The smallest absolute Gasteiger partial charge is 0.239 e. The Labute approximate surface area is 125 Å². The summed E-state index contributed by atoms with van der Waals surface area (Å²) in [5, 5.41) is 0. The summed E-state index contributed by atoms with van der Waals surface area (Å²) in [5.74, 6) is 5.50. The van der Waals surface area contributed by atoms with Crippen LogP contribution in [0.25, 0.3) is 0 Å². The Morgan fingerprint density at radius 2 is 2.05 bits per heavy atom. The fourth-order valence-electron chi connectivity index (χ4n) is 2.51. The van der Waals surface area contributed by atoms with Gasteiger partial charge in [-0.2, -0.15) is 0 Å². The van der Waals surface area contributed by atoms with Crippen molar-refractivity contribution in [3.05, 3.63) is 29.3 Å². The first kappa shape index (κ1) is 15.3. The zero-order valence-corrected chi connectivity index (χ0v) is 12.7. The molecule has 1 saturated heterocycles. The van der Waals surface area contributed by atoms with E-state index in [1.54, 1.807) is 19.9 Å². The van der Waals surface area contributed by atoms with Crippen LogP contribution in [0.2, 0.25) is 0 Å². The second kappa shape index (κ2) is 5.71. The van der Waals surface area contributed by atoms with Crippen molar-refractivity contribution in [1.29, 1.82) is 0 Å². The maximum absolute atomic E-state index is 12.4. The predicted molar refractivity (Wildman–Crippen MR) is 82.6 cm³/mol. The van der Waals surface area contributed by atoms with E-state index in [2.05, 4.69) is 11.8 Å². The van der Waals surface area contributed by atoms with Gasteiger partial charge in [-0.1, -0.05) is 32.6 Å². The molecule has 110 valence electrons. The average Bonchev–Trinajstić information content (AvgIpc) is 2.65. The molecule has 4 heteroatoms. The number of benzene rings is 1. The summed E-state index contributed by atoms with van der Waals surface area (Å²) in [6, 6.07) is 5.55. The van der Waals surface area contributed by atoms with Gasteiger partial charge < -0.3 is 5.73 Å². The maximum atomic E-state index is 12.4. The first-order chi connectivity index (χ1) is 9.90. The van der Waals surface area contributed by atoms with E-state index in [0.29, 0.717) is 12.2 Å². The van der Waals surface area contributed by atoms with Crippen LogP contribution in [0.15, 0.2) is 18.2 Å². The number of imide groups is 1. The lowest BCUT2D eigenvalue weighted by atomic mass is 9.92. The zero-order chi connectivity index (χ0) is 15.6. The number of rotatable bonds is 2. The number of amides is 2. The molecule has 4 nitrogen and oxygen atoms in total. The second-order valence-corrected chi connectivity index (χ2v) is 5.80. The molecule has 1 heterocycles. The third-order valence-electron chi connectivity index (χ3n) is 3.66. The molecule has 1 fully saturated rings. The van der Waals surface area contributed by atoms with E-state index in [-0.39, 0.29) is 18.2 Å². The van der Waals surface area contributed by atoms with Crippen LogP contribution >= 0.6 is 0 Å². The van der Waals surface area contributed by atoms with Crippen LogP contribution in [-0.4, -0.2) is 18.4 Å². The lowest BCUT2D eigenvalue weighted by Gasteiger charge is -2.20. The van der Waals surface area contributed by atoms with Crippen LogP contribution in [0.5, 0.6) is 0 Å². The van der Waals surface area contributed by atoms with Gasteiger partial charge in [0.15, 0.2) is 0 Å². The zero-order valence-electron chi connectivity index (χ0n) is 12.7. The highest BCUT2D eigenvalue weighted by Crippen LogP contribution is 2.36. The second-order valence-electron chi connectivity index (χ2n) is 5.80. The molecule has 0 spiro atoms. The minimum Gasteiger partial charge on any atom is -0.320 e. The van der Waals surface area contributed by atoms with Gasteiger partial charge in [0, 0.05) is 12.0 Å². The number of carbonyl (C=O) groups excluding carboxylic acids is 2. The summed E-state index contributed by atoms with van der Waals surface area (Å²) < 4.78 is 0. The van der Waals surface area contributed by atoms with Gasteiger partial charge in [-0.3, -0.25) is 9.59 Å². The van der Waals surface area contributed by atoms with Gasteiger partial charge in [0.25, 0.3) is 0 Å². The molecule has 2 amide bonds. The largest absolute Gasteiger partial charge is 0.320 e. The normalized spacial score (nSPS) is 16.9. The van der Waals surface area contributed by atoms with Crippen molar-refractivity contribution in [2.24, 2.45) is 11.1 Å². The lowest BCUT2D eigenvalue weighted by Crippen LogP contribution is -2.33. The highest BCUT2D eigenvalue weighted by Gasteiger charge is 2.45. The Morgan fingerprint density at radius 3 is 2.57 bits per heavy atom.